The van der Waals surface area contributed by atoms with Gasteiger partial charge in [0.05, 0.1) is 12.2 Å². The zero-order chi connectivity index (χ0) is 10.6. The molecule has 0 unspecified atom stereocenters. The van der Waals surface area contributed by atoms with E-state index in [4.69, 9.17) is 4.74 Å². The molecule has 1 saturated carbocycles. The van der Waals surface area contributed by atoms with Crippen LogP contribution in [0.3, 0.4) is 0 Å². The summed E-state index contributed by atoms with van der Waals surface area (Å²) in [6, 6.07) is 0.686. The van der Waals surface area contributed by atoms with Gasteiger partial charge in [-0.15, -0.1) is 0 Å². The van der Waals surface area contributed by atoms with Gasteiger partial charge in [0.15, 0.2) is 0 Å². The van der Waals surface area contributed by atoms with Gasteiger partial charge in [0.1, 0.15) is 0 Å². The summed E-state index contributed by atoms with van der Waals surface area (Å²) in [6.45, 7) is 11.8. The Balaban J connectivity index is 0.000000461. The van der Waals surface area contributed by atoms with Gasteiger partial charge in [0, 0.05) is 19.1 Å². The molecule has 14 heavy (non-hydrogen) atoms. The average molecular weight is 199 g/mol. The van der Waals surface area contributed by atoms with Gasteiger partial charge in [-0.1, -0.05) is 13.8 Å². The number of nitrogens with zero attached hydrogens (tertiary/aromatic N) is 1. The number of morpholine rings is 1. The summed E-state index contributed by atoms with van der Waals surface area (Å²) in [7, 11) is 0. The lowest BCUT2D eigenvalue weighted by Gasteiger charge is -2.49. The van der Waals surface area contributed by atoms with E-state index in [0.717, 1.165) is 13.2 Å². The lowest BCUT2D eigenvalue weighted by atomic mass is 9.78. The van der Waals surface area contributed by atoms with Crippen molar-refractivity contribution < 1.29 is 4.74 Å². The molecule has 84 valence electrons. The van der Waals surface area contributed by atoms with E-state index < -0.39 is 0 Å². The minimum Gasteiger partial charge on any atom is -0.372 e. The predicted molar refractivity (Wildman–Crippen MR) is 60.6 cm³/mol. The Morgan fingerprint density at radius 1 is 1.21 bits per heavy atom. The molecule has 2 fully saturated rings. The van der Waals surface area contributed by atoms with Crippen LogP contribution in [0.1, 0.15) is 47.0 Å². The Morgan fingerprint density at radius 3 is 2.29 bits per heavy atom. The van der Waals surface area contributed by atoms with Gasteiger partial charge in [-0.25, -0.2) is 0 Å². The molecule has 0 atom stereocenters. The predicted octanol–water partition coefficient (Wildman–Crippen LogP) is 2.68. The second-order valence-electron chi connectivity index (χ2n) is 4.45. The maximum absolute atomic E-state index is 5.84. The molecule has 1 aliphatic heterocycles. The average Bonchev–Trinajstić information content (AvgIpc) is 2.19. The number of rotatable bonds is 1. The van der Waals surface area contributed by atoms with Gasteiger partial charge in [-0.3, -0.25) is 4.90 Å². The summed E-state index contributed by atoms with van der Waals surface area (Å²) in [5.74, 6) is 0. The quantitative estimate of drug-likeness (QED) is 0.644. The van der Waals surface area contributed by atoms with Crippen molar-refractivity contribution >= 4 is 0 Å². The van der Waals surface area contributed by atoms with Gasteiger partial charge in [-0.05, 0) is 33.1 Å². The van der Waals surface area contributed by atoms with E-state index in [1.807, 2.05) is 13.8 Å². The van der Waals surface area contributed by atoms with Crippen LogP contribution in [-0.2, 0) is 4.74 Å². The van der Waals surface area contributed by atoms with Crippen LogP contribution in [-0.4, -0.2) is 36.2 Å². The second kappa shape index (κ2) is 5.13. The Labute approximate surface area is 88.6 Å². The van der Waals surface area contributed by atoms with Crippen LogP contribution in [0.15, 0.2) is 0 Å². The van der Waals surface area contributed by atoms with Crippen LogP contribution < -0.4 is 0 Å². The monoisotopic (exact) mass is 199 g/mol. The first-order valence-corrected chi connectivity index (χ1v) is 6.10. The topological polar surface area (TPSA) is 12.5 Å². The van der Waals surface area contributed by atoms with Crippen LogP contribution in [0.5, 0.6) is 0 Å². The maximum atomic E-state index is 5.84. The molecule has 0 aromatic rings. The molecule has 0 amide bonds. The summed E-state index contributed by atoms with van der Waals surface area (Å²) in [6.07, 6.45) is 3.94. The Kier molecular flexibility index (Phi) is 4.39. The largest absolute Gasteiger partial charge is 0.372 e. The zero-order valence-electron chi connectivity index (χ0n) is 10.2. The van der Waals surface area contributed by atoms with E-state index in [0.29, 0.717) is 6.04 Å². The van der Waals surface area contributed by atoms with E-state index in [1.165, 1.54) is 25.8 Å². The van der Waals surface area contributed by atoms with E-state index in [-0.39, 0.29) is 5.60 Å². The van der Waals surface area contributed by atoms with Gasteiger partial charge < -0.3 is 4.74 Å². The molecule has 2 nitrogen and oxygen atoms in total. The van der Waals surface area contributed by atoms with Crippen molar-refractivity contribution in [3.05, 3.63) is 0 Å². The first-order valence-electron chi connectivity index (χ1n) is 6.10. The second-order valence-corrected chi connectivity index (χ2v) is 4.45. The van der Waals surface area contributed by atoms with Gasteiger partial charge in [-0.2, -0.15) is 0 Å². The Morgan fingerprint density at radius 2 is 1.86 bits per heavy atom. The summed E-state index contributed by atoms with van der Waals surface area (Å²) >= 11 is 0. The van der Waals surface area contributed by atoms with Crippen molar-refractivity contribution in [3.63, 3.8) is 0 Å². The van der Waals surface area contributed by atoms with Crippen molar-refractivity contribution in [3.8, 4) is 0 Å². The number of ether oxygens (including phenoxy) is 1. The van der Waals surface area contributed by atoms with Gasteiger partial charge >= 0.3 is 0 Å². The Hall–Kier alpha value is -0.0800. The molecule has 0 aromatic heterocycles. The van der Waals surface area contributed by atoms with Crippen molar-refractivity contribution in [1.82, 2.24) is 4.90 Å². The van der Waals surface area contributed by atoms with Crippen molar-refractivity contribution in [2.45, 2.75) is 58.6 Å². The standard InChI is InChI=1S/C10H19NO.C2H6/c1-9(2)11-6-7-12-10(8-11)4-3-5-10;1-2/h9H,3-8H2,1-2H3;1-2H3. The minimum atomic E-state index is 0.280. The van der Waals surface area contributed by atoms with Crippen molar-refractivity contribution in [2.75, 3.05) is 19.7 Å². The van der Waals surface area contributed by atoms with Gasteiger partial charge in [0.2, 0.25) is 0 Å². The molecule has 1 saturated heterocycles. The molecular weight excluding hydrogens is 174 g/mol. The van der Waals surface area contributed by atoms with Gasteiger partial charge in [0.25, 0.3) is 0 Å². The molecule has 0 aromatic carbocycles. The first-order chi connectivity index (χ1) is 6.72. The van der Waals surface area contributed by atoms with Crippen LogP contribution >= 0.6 is 0 Å². The van der Waals surface area contributed by atoms with E-state index in [9.17, 15) is 0 Å². The lowest BCUT2D eigenvalue weighted by molar-refractivity contribution is -0.156. The fourth-order valence-corrected chi connectivity index (χ4v) is 2.19. The highest BCUT2D eigenvalue weighted by Gasteiger charge is 2.42. The number of hydrogen-bond acceptors (Lipinski definition) is 2. The minimum absolute atomic E-state index is 0.280. The Bertz CT molecular complexity index is 164. The van der Waals surface area contributed by atoms with E-state index in [2.05, 4.69) is 18.7 Å². The fourth-order valence-electron chi connectivity index (χ4n) is 2.19. The summed E-state index contributed by atoms with van der Waals surface area (Å²) in [4.78, 5) is 2.54. The summed E-state index contributed by atoms with van der Waals surface area (Å²) < 4.78 is 5.84. The summed E-state index contributed by atoms with van der Waals surface area (Å²) in [5.41, 5.74) is 0.280. The molecular formula is C12H25NO. The molecule has 1 spiro atoms. The third-order valence-corrected chi connectivity index (χ3v) is 3.27. The van der Waals surface area contributed by atoms with Crippen molar-refractivity contribution in [2.24, 2.45) is 0 Å². The molecule has 2 heteroatoms. The molecule has 1 aliphatic carbocycles. The normalized spacial score (nSPS) is 25.5. The lowest BCUT2D eigenvalue weighted by Crippen LogP contribution is -2.57. The van der Waals surface area contributed by atoms with E-state index >= 15 is 0 Å². The maximum Gasteiger partial charge on any atom is 0.0809 e. The summed E-state index contributed by atoms with van der Waals surface area (Å²) in [5, 5.41) is 0. The third-order valence-electron chi connectivity index (χ3n) is 3.27. The van der Waals surface area contributed by atoms with Crippen LogP contribution in [0.4, 0.5) is 0 Å². The fraction of sp³-hybridized carbons (Fsp3) is 1.00. The SMILES string of the molecule is CC.CC(C)N1CCOC2(CCC2)C1. The van der Waals surface area contributed by atoms with Crippen LogP contribution in [0.25, 0.3) is 0 Å². The molecule has 0 radical (unpaired) electrons. The molecule has 1 heterocycles. The van der Waals surface area contributed by atoms with Crippen LogP contribution in [0, 0.1) is 0 Å². The van der Waals surface area contributed by atoms with Crippen LogP contribution in [0.2, 0.25) is 0 Å². The third kappa shape index (κ3) is 2.48. The highest BCUT2D eigenvalue weighted by atomic mass is 16.5. The van der Waals surface area contributed by atoms with Crippen molar-refractivity contribution in [1.29, 1.82) is 0 Å². The highest BCUT2D eigenvalue weighted by Crippen LogP contribution is 2.38. The highest BCUT2D eigenvalue weighted by molar-refractivity contribution is 4.95. The molecule has 2 rings (SSSR count). The zero-order valence-corrected chi connectivity index (χ0v) is 10.2. The number of hydrogen-bond donors (Lipinski definition) is 0. The smallest absolute Gasteiger partial charge is 0.0809 e. The van der Waals surface area contributed by atoms with E-state index in [1.54, 1.807) is 0 Å². The molecule has 0 bridgehead atoms. The molecule has 0 N–H and O–H groups in total. The molecule has 2 aliphatic rings. The first kappa shape index (κ1) is 12.0.